The molecule has 0 radical (unpaired) electrons. The molecule has 124 valence electrons. The molecule has 0 bridgehead atoms. The zero-order valence-corrected chi connectivity index (χ0v) is 14.0. The fraction of sp³-hybridized carbons (Fsp3) is 0.529. The molecule has 23 heavy (non-hydrogen) atoms. The summed E-state index contributed by atoms with van der Waals surface area (Å²) in [4.78, 5) is 6.78. The molecule has 1 aliphatic rings. The first-order chi connectivity index (χ1) is 11.1. The fourth-order valence-electron chi connectivity index (χ4n) is 3.18. The lowest BCUT2D eigenvalue weighted by Crippen LogP contribution is -2.46. The number of aromatic nitrogens is 2. The van der Waals surface area contributed by atoms with Crippen molar-refractivity contribution in [3.63, 3.8) is 0 Å². The van der Waals surface area contributed by atoms with Gasteiger partial charge in [-0.15, -0.1) is 0 Å². The van der Waals surface area contributed by atoms with Crippen LogP contribution in [0.4, 0.5) is 0 Å². The summed E-state index contributed by atoms with van der Waals surface area (Å²) in [5, 5.41) is 14.6. The highest BCUT2D eigenvalue weighted by Gasteiger charge is 2.26. The molecule has 1 N–H and O–H groups in total. The van der Waals surface area contributed by atoms with Gasteiger partial charge in [0.25, 0.3) is 0 Å². The Bertz CT molecular complexity index is 644. The highest BCUT2D eigenvalue weighted by molar-refractivity contribution is 6.30. The standard InChI is InChI=1S/C17H22ClN3O2/c1-12(22)15-7-2-3-9-21(15)10-8-16-19-17(20-23-16)13-5-4-6-14(18)11-13/h4-6,11-12,15,22H,2-3,7-10H2,1H3. The largest absolute Gasteiger partial charge is 0.392 e. The van der Waals surface area contributed by atoms with E-state index >= 15 is 0 Å². The lowest BCUT2D eigenvalue weighted by atomic mass is 9.98. The Balaban J connectivity index is 1.63. The second-order valence-electron chi connectivity index (χ2n) is 6.11. The van der Waals surface area contributed by atoms with Crippen LogP contribution in [0.25, 0.3) is 11.4 Å². The van der Waals surface area contributed by atoms with Crippen LogP contribution in [0.2, 0.25) is 5.02 Å². The molecule has 0 aliphatic carbocycles. The normalized spacial score (nSPS) is 20.6. The van der Waals surface area contributed by atoms with Crippen LogP contribution in [0.15, 0.2) is 28.8 Å². The van der Waals surface area contributed by atoms with E-state index in [-0.39, 0.29) is 12.1 Å². The van der Waals surface area contributed by atoms with Crippen LogP contribution in [-0.2, 0) is 6.42 Å². The molecule has 1 fully saturated rings. The maximum atomic E-state index is 9.92. The Morgan fingerprint density at radius 1 is 1.43 bits per heavy atom. The summed E-state index contributed by atoms with van der Waals surface area (Å²) in [5.41, 5.74) is 0.854. The molecule has 5 nitrogen and oxygen atoms in total. The van der Waals surface area contributed by atoms with E-state index in [9.17, 15) is 5.11 Å². The minimum Gasteiger partial charge on any atom is -0.392 e. The van der Waals surface area contributed by atoms with Crippen molar-refractivity contribution in [3.05, 3.63) is 35.2 Å². The van der Waals surface area contributed by atoms with Gasteiger partial charge >= 0.3 is 0 Å². The Morgan fingerprint density at radius 2 is 2.30 bits per heavy atom. The summed E-state index contributed by atoms with van der Waals surface area (Å²) in [7, 11) is 0. The zero-order valence-electron chi connectivity index (χ0n) is 13.3. The van der Waals surface area contributed by atoms with E-state index in [1.807, 2.05) is 31.2 Å². The van der Waals surface area contributed by atoms with Crippen molar-refractivity contribution in [1.29, 1.82) is 0 Å². The number of rotatable bonds is 5. The molecule has 1 aromatic carbocycles. The van der Waals surface area contributed by atoms with Crippen molar-refractivity contribution in [2.45, 2.75) is 44.8 Å². The quantitative estimate of drug-likeness (QED) is 0.909. The van der Waals surface area contributed by atoms with E-state index in [1.165, 1.54) is 12.8 Å². The summed E-state index contributed by atoms with van der Waals surface area (Å²) in [5.74, 6) is 1.18. The molecule has 2 heterocycles. The molecule has 2 aromatic rings. The average Bonchev–Trinajstić information content (AvgIpc) is 3.02. The fourth-order valence-corrected chi connectivity index (χ4v) is 3.37. The van der Waals surface area contributed by atoms with Crippen LogP contribution < -0.4 is 0 Å². The monoisotopic (exact) mass is 335 g/mol. The number of hydrogen-bond donors (Lipinski definition) is 1. The minimum atomic E-state index is -0.306. The van der Waals surface area contributed by atoms with Gasteiger partial charge in [-0.2, -0.15) is 4.98 Å². The van der Waals surface area contributed by atoms with Crippen LogP contribution in [0.1, 0.15) is 32.1 Å². The Labute approximate surface area is 141 Å². The zero-order chi connectivity index (χ0) is 16.2. The van der Waals surface area contributed by atoms with E-state index in [0.29, 0.717) is 23.2 Å². The first-order valence-corrected chi connectivity index (χ1v) is 8.52. The van der Waals surface area contributed by atoms with Crippen LogP contribution >= 0.6 is 11.6 Å². The molecular weight excluding hydrogens is 314 g/mol. The minimum absolute atomic E-state index is 0.235. The topological polar surface area (TPSA) is 62.4 Å². The summed E-state index contributed by atoms with van der Waals surface area (Å²) < 4.78 is 5.35. The second kappa shape index (κ2) is 7.43. The third-order valence-corrected chi connectivity index (χ3v) is 4.62. The van der Waals surface area contributed by atoms with Gasteiger partial charge in [-0.05, 0) is 38.4 Å². The van der Waals surface area contributed by atoms with Crippen molar-refractivity contribution in [3.8, 4) is 11.4 Å². The van der Waals surface area contributed by atoms with Gasteiger partial charge in [0.1, 0.15) is 0 Å². The molecule has 0 saturated carbocycles. The lowest BCUT2D eigenvalue weighted by molar-refractivity contribution is 0.0361. The van der Waals surface area contributed by atoms with Crippen molar-refractivity contribution >= 4 is 11.6 Å². The van der Waals surface area contributed by atoms with Crippen molar-refractivity contribution in [2.24, 2.45) is 0 Å². The van der Waals surface area contributed by atoms with Gasteiger partial charge in [0, 0.05) is 29.6 Å². The number of aliphatic hydroxyl groups excluding tert-OH is 1. The molecule has 6 heteroatoms. The SMILES string of the molecule is CC(O)C1CCCCN1CCc1nc(-c2cccc(Cl)c2)no1. The van der Waals surface area contributed by atoms with Gasteiger partial charge in [-0.3, -0.25) is 4.90 Å². The highest BCUT2D eigenvalue weighted by atomic mass is 35.5. The first-order valence-electron chi connectivity index (χ1n) is 8.14. The van der Waals surface area contributed by atoms with Gasteiger partial charge in [0.2, 0.25) is 11.7 Å². The summed E-state index contributed by atoms with van der Waals surface area (Å²) in [6.07, 6.45) is 3.80. The highest BCUT2D eigenvalue weighted by Crippen LogP contribution is 2.22. The molecule has 3 rings (SSSR count). The summed E-state index contributed by atoms with van der Waals surface area (Å²) >= 11 is 5.99. The predicted molar refractivity (Wildman–Crippen MR) is 89.3 cm³/mol. The van der Waals surface area contributed by atoms with Gasteiger partial charge in [-0.25, -0.2) is 0 Å². The van der Waals surface area contributed by atoms with Gasteiger partial charge in [-0.1, -0.05) is 35.3 Å². The van der Waals surface area contributed by atoms with Gasteiger partial charge < -0.3 is 9.63 Å². The predicted octanol–water partition coefficient (Wildman–Crippen LogP) is 3.17. The van der Waals surface area contributed by atoms with Crippen LogP contribution in [0, 0.1) is 0 Å². The Kier molecular flexibility index (Phi) is 5.30. The third kappa shape index (κ3) is 4.10. The van der Waals surface area contributed by atoms with Gasteiger partial charge in [0.15, 0.2) is 0 Å². The first kappa shape index (κ1) is 16.4. The lowest BCUT2D eigenvalue weighted by Gasteiger charge is -2.37. The summed E-state index contributed by atoms with van der Waals surface area (Å²) in [6.45, 7) is 3.71. The van der Waals surface area contributed by atoms with Crippen molar-refractivity contribution < 1.29 is 9.63 Å². The van der Waals surface area contributed by atoms with E-state index in [2.05, 4.69) is 15.0 Å². The number of hydrogen-bond acceptors (Lipinski definition) is 5. The van der Waals surface area contributed by atoms with E-state index in [0.717, 1.165) is 25.1 Å². The number of aliphatic hydroxyl groups is 1. The molecular formula is C17H22ClN3O2. The summed E-state index contributed by atoms with van der Waals surface area (Å²) in [6, 6.07) is 7.66. The number of piperidine rings is 1. The number of halogens is 1. The molecule has 2 atom stereocenters. The maximum absolute atomic E-state index is 9.92. The maximum Gasteiger partial charge on any atom is 0.228 e. The van der Waals surface area contributed by atoms with E-state index in [4.69, 9.17) is 16.1 Å². The Morgan fingerprint density at radius 3 is 3.09 bits per heavy atom. The number of likely N-dealkylation sites (tertiary alicyclic amines) is 1. The molecule has 1 aliphatic heterocycles. The molecule has 1 aromatic heterocycles. The van der Waals surface area contributed by atoms with E-state index < -0.39 is 0 Å². The van der Waals surface area contributed by atoms with Crippen LogP contribution in [0.5, 0.6) is 0 Å². The average molecular weight is 336 g/mol. The Hall–Kier alpha value is -1.43. The van der Waals surface area contributed by atoms with E-state index in [1.54, 1.807) is 0 Å². The number of benzene rings is 1. The van der Waals surface area contributed by atoms with Crippen molar-refractivity contribution in [2.75, 3.05) is 13.1 Å². The smallest absolute Gasteiger partial charge is 0.228 e. The van der Waals surface area contributed by atoms with Gasteiger partial charge in [0.05, 0.1) is 6.10 Å². The van der Waals surface area contributed by atoms with Crippen molar-refractivity contribution in [1.82, 2.24) is 15.0 Å². The molecule has 1 saturated heterocycles. The molecule has 0 spiro atoms. The third-order valence-electron chi connectivity index (χ3n) is 4.38. The number of nitrogens with zero attached hydrogens (tertiary/aromatic N) is 3. The molecule has 2 unspecified atom stereocenters. The molecule has 0 amide bonds. The van der Waals surface area contributed by atoms with Crippen LogP contribution in [-0.4, -0.2) is 45.4 Å². The van der Waals surface area contributed by atoms with Crippen LogP contribution in [0.3, 0.4) is 0 Å². The second-order valence-corrected chi connectivity index (χ2v) is 6.55.